The van der Waals surface area contributed by atoms with Crippen molar-refractivity contribution in [2.24, 2.45) is 5.92 Å². The third-order valence-electron chi connectivity index (χ3n) is 2.60. The van der Waals surface area contributed by atoms with Gasteiger partial charge in [-0.15, -0.1) is 0 Å². The first-order chi connectivity index (χ1) is 7.08. The van der Waals surface area contributed by atoms with E-state index in [1.165, 1.54) is 17.5 Å². The summed E-state index contributed by atoms with van der Waals surface area (Å²) in [6.07, 6.45) is 1.24. The Hall–Kier alpha value is -0.820. The van der Waals surface area contributed by atoms with Gasteiger partial charge in [0.1, 0.15) is 0 Å². The van der Waals surface area contributed by atoms with Gasteiger partial charge in [-0.3, -0.25) is 0 Å². The fourth-order valence-corrected chi connectivity index (χ4v) is 1.79. The zero-order valence-electron chi connectivity index (χ0n) is 10.4. The van der Waals surface area contributed by atoms with Crippen LogP contribution in [-0.4, -0.2) is 6.04 Å². The number of hydrogen-bond acceptors (Lipinski definition) is 1. The highest BCUT2D eigenvalue weighted by Gasteiger charge is 2.03. The van der Waals surface area contributed by atoms with Gasteiger partial charge in [-0.05, 0) is 31.7 Å². The molecule has 0 heterocycles. The molecule has 0 saturated carbocycles. The summed E-state index contributed by atoms with van der Waals surface area (Å²) in [5.41, 5.74) is 2.70. The second kappa shape index (κ2) is 5.92. The monoisotopic (exact) mass is 205 g/mol. The highest BCUT2D eigenvalue weighted by molar-refractivity contribution is 5.21. The molecule has 0 spiro atoms. The molecular formula is C14H23N. The average molecular weight is 205 g/mol. The number of benzene rings is 1. The van der Waals surface area contributed by atoms with Crippen molar-refractivity contribution < 1.29 is 0 Å². The zero-order valence-corrected chi connectivity index (χ0v) is 10.4. The first-order valence-corrected chi connectivity index (χ1v) is 5.87. The van der Waals surface area contributed by atoms with Crippen molar-refractivity contribution in [3.8, 4) is 0 Å². The lowest BCUT2D eigenvalue weighted by Gasteiger charge is -2.15. The molecule has 1 heteroatoms. The summed E-state index contributed by atoms with van der Waals surface area (Å²) in [5, 5.41) is 3.55. The highest BCUT2D eigenvalue weighted by Crippen LogP contribution is 2.06. The topological polar surface area (TPSA) is 12.0 Å². The van der Waals surface area contributed by atoms with Crippen LogP contribution in [0.1, 0.15) is 38.3 Å². The molecule has 0 aliphatic heterocycles. The van der Waals surface area contributed by atoms with Crippen LogP contribution in [0.5, 0.6) is 0 Å². The first kappa shape index (κ1) is 12.3. The van der Waals surface area contributed by atoms with E-state index in [-0.39, 0.29) is 0 Å². The largest absolute Gasteiger partial charge is 0.310 e. The molecule has 0 bridgehead atoms. The molecular weight excluding hydrogens is 182 g/mol. The van der Waals surface area contributed by atoms with Crippen molar-refractivity contribution in [3.63, 3.8) is 0 Å². The second-order valence-corrected chi connectivity index (χ2v) is 4.90. The van der Waals surface area contributed by atoms with Gasteiger partial charge in [0, 0.05) is 12.6 Å². The molecule has 0 amide bonds. The van der Waals surface area contributed by atoms with Crippen molar-refractivity contribution in [2.75, 3.05) is 0 Å². The van der Waals surface area contributed by atoms with Crippen LogP contribution in [-0.2, 0) is 6.54 Å². The summed E-state index contributed by atoms with van der Waals surface area (Å²) in [5.74, 6) is 0.769. The second-order valence-electron chi connectivity index (χ2n) is 4.90. The molecule has 1 atom stereocenters. The predicted molar refractivity (Wildman–Crippen MR) is 66.9 cm³/mol. The Balaban J connectivity index is 2.33. The summed E-state index contributed by atoms with van der Waals surface area (Å²) in [7, 11) is 0. The van der Waals surface area contributed by atoms with Crippen LogP contribution in [0, 0.1) is 12.8 Å². The molecule has 1 aromatic carbocycles. The minimum absolute atomic E-state index is 0.603. The van der Waals surface area contributed by atoms with Gasteiger partial charge in [0.05, 0.1) is 0 Å². The summed E-state index contributed by atoms with van der Waals surface area (Å²) in [6, 6.07) is 9.34. The van der Waals surface area contributed by atoms with Crippen LogP contribution >= 0.6 is 0 Å². The Bertz CT molecular complexity index is 274. The van der Waals surface area contributed by atoms with Gasteiger partial charge in [-0.25, -0.2) is 0 Å². The van der Waals surface area contributed by atoms with Gasteiger partial charge in [0.25, 0.3) is 0 Å². The summed E-state index contributed by atoms with van der Waals surface area (Å²) < 4.78 is 0. The van der Waals surface area contributed by atoms with Crippen LogP contribution in [0.25, 0.3) is 0 Å². The van der Waals surface area contributed by atoms with E-state index in [2.05, 4.69) is 57.3 Å². The van der Waals surface area contributed by atoms with E-state index >= 15 is 0 Å². The Morgan fingerprint density at radius 1 is 1.07 bits per heavy atom. The summed E-state index contributed by atoms with van der Waals surface area (Å²) in [4.78, 5) is 0. The van der Waals surface area contributed by atoms with Gasteiger partial charge in [0.2, 0.25) is 0 Å². The molecule has 0 aromatic heterocycles. The molecule has 0 saturated heterocycles. The van der Waals surface area contributed by atoms with Crippen LogP contribution in [0.2, 0.25) is 0 Å². The molecule has 1 rings (SSSR count). The van der Waals surface area contributed by atoms with E-state index in [0.29, 0.717) is 6.04 Å². The van der Waals surface area contributed by atoms with Crippen LogP contribution < -0.4 is 5.32 Å². The fraction of sp³-hybridized carbons (Fsp3) is 0.571. The number of aryl methyl sites for hydroxylation is 1. The first-order valence-electron chi connectivity index (χ1n) is 5.87. The minimum atomic E-state index is 0.603. The molecule has 0 aliphatic rings. The molecule has 1 nitrogen and oxygen atoms in total. The highest BCUT2D eigenvalue weighted by atomic mass is 14.9. The van der Waals surface area contributed by atoms with Crippen molar-refractivity contribution in [2.45, 2.75) is 46.7 Å². The number of rotatable bonds is 5. The van der Waals surface area contributed by atoms with Gasteiger partial charge < -0.3 is 5.32 Å². The summed E-state index contributed by atoms with van der Waals surface area (Å²) in [6.45, 7) is 9.90. The maximum absolute atomic E-state index is 3.55. The smallest absolute Gasteiger partial charge is 0.0207 e. The Labute approximate surface area is 93.9 Å². The maximum Gasteiger partial charge on any atom is 0.0207 e. The maximum atomic E-state index is 3.55. The van der Waals surface area contributed by atoms with Gasteiger partial charge in [-0.1, -0.05) is 43.7 Å². The van der Waals surface area contributed by atoms with Crippen molar-refractivity contribution >= 4 is 0 Å². The van der Waals surface area contributed by atoms with Crippen LogP contribution in [0.4, 0.5) is 0 Å². The zero-order chi connectivity index (χ0) is 11.3. The van der Waals surface area contributed by atoms with Crippen molar-refractivity contribution in [1.29, 1.82) is 0 Å². The molecule has 84 valence electrons. The quantitative estimate of drug-likeness (QED) is 0.775. The molecule has 0 fully saturated rings. The van der Waals surface area contributed by atoms with Crippen molar-refractivity contribution in [3.05, 3.63) is 35.4 Å². The standard InChI is InChI=1S/C14H23N/c1-11(2)9-13(4)15-10-14-7-5-12(3)6-8-14/h5-8,11,13,15H,9-10H2,1-4H3. The van der Waals surface area contributed by atoms with Gasteiger partial charge in [-0.2, -0.15) is 0 Å². The van der Waals surface area contributed by atoms with E-state index in [9.17, 15) is 0 Å². The van der Waals surface area contributed by atoms with Gasteiger partial charge >= 0.3 is 0 Å². The van der Waals surface area contributed by atoms with E-state index in [1.807, 2.05) is 0 Å². The van der Waals surface area contributed by atoms with Gasteiger partial charge in [0.15, 0.2) is 0 Å². The lowest BCUT2D eigenvalue weighted by Crippen LogP contribution is -2.26. The SMILES string of the molecule is Cc1ccc(CNC(C)CC(C)C)cc1. The predicted octanol–water partition coefficient (Wildman–Crippen LogP) is 3.52. The van der Waals surface area contributed by atoms with E-state index in [4.69, 9.17) is 0 Å². The lowest BCUT2D eigenvalue weighted by molar-refractivity contribution is 0.441. The third-order valence-corrected chi connectivity index (χ3v) is 2.60. The lowest BCUT2D eigenvalue weighted by atomic mass is 10.0. The Kier molecular flexibility index (Phi) is 4.83. The minimum Gasteiger partial charge on any atom is -0.310 e. The van der Waals surface area contributed by atoms with Crippen LogP contribution in [0.15, 0.2) is 24.3 Å². The summed E-state index contributed by atoms with van der Waals surface area (Å²) >= 11 is 0. The van der Waals surface area contributed by atoms with E-state index in [1.54, 1.807) is 0 Å². The van der Waals surface area contributed by atoms with E-state index < -0.39 is 0 Å². The Morgan fingerprint density at radius 3 is 2.20 bits per heavy atom. The average Bonchev–Trinajstić information content (AvgIpc) is 2.16. The normalized spacial score (nSPS) is 13.1. The third kappa shape index (κ3) is 4.98. The molecule has 0 radical (unpaired) electrons. The molecule has 0 aliphatic carbocycles. The number of nitrogens with one attached hydrogen (secondary N) is 1. The number of hydrogen-bond donors (Lipinski definition) is 1. The molecule has 1 aromatic rings. The molecule has 1 N–H and O–H groups in total. The fourth-order valence-electron chi connectivity index (χ4n) is 1.79. The van der Waals surface area contributed by atoms with Crippen LogP contribution in [0.3, 0.4) is 0 Å². The van der Waals surface area contributed by atoms with Crippen molar-refractivity contribution in [1.82, 2.24) is 5.32 Å². The molecule has 1 unspecified atom stereocenters. The Morgan fingerprint density at radius 2 is 1.67 bits per heavy atom. The van der Waals surface area contributed by atoms with E-state index in [0.717, 1.165) is 12.5 Å². The molecule has 15 heavy (non-hydrogen) atoms.